The normalized spacial score (nSPS) is 58.1. The van der Waals surface area contributed by atoms with Gasteiger partial charge in [-0.1, -0.05) is 98.3 Å². The van der Waals surface area contributed by atoms with Crippen molar-refractivity contribution in [3.05, 3.63) is 0 Å². The lowest BCUT2D eigenvalue weighted by Crippen LogP contribution is -2.59. The van der Waals surface area contributed by atoms with Gasteiger partial charge in [0.15, 0.2) is 0 Å². The van der Waals surface area contributed by atoms with Crippen LogP contribution in [-0.4, -0.2) is 0 Å². The molecule has 12 rings (SSSR count). The fourth-order valence-corrected chi connectivity index (χ4v) is 23.2. The molecule has 0 nitrogen and oxygen atoms in total. The minimum Gasteiger partial charge on any atom is -0.0594 e. The van der Waals surface area contributed by atoms with Crippen molar-refractivity contribution in [2.24, 2.45) is 141 Å². The molecule has 0 radical (unpaired) electrons. The summed E-state index contributed by atoms with van der Waals surface area (Å²) in [6.07, 6.45) is 45.3. The molecule has 22 unspecified atom stereocenters. The van der Waals surface area contributed by atoms with Crippen LogP contribution in [0.25, 0.3) is 0 Å². The largest absolute Gasteiger partial charge is 0.0594 e. The summed E-state index contributed by atoms with van der Waals surface area (Å²) in [7, 11) is 0. The molecule has 12 saturated carbocycles. The zero-order valence-electron chi connectivity index (χ0n) is 37.5. The van der Waals surface area contributed by atoms with Gasteiger partial charge in [-0.2, -0.15) is 0 Å². The molecule has 0 amide bonds. The maximum atomic E-state index is 2.83. The van der Waals surface area contributed by atoms with Crippen molar-refractivity contribution in [1.29, 1.82) is 0 Å². The summed E-state index contributed by atoms with van der Waals surface area (Å²) in [6.45, 7) is 11.3. The van der Waals surface area contributed by atoms with E-state index in [-0.39, 0.29) is 0 Å². The Balaban J connectivity index is 0.921. The lowest BCUT2D eigenvalue weighted by Gasteiger charge is -2.65. The average molecular weight is 763 g/mol. The minimum atomic E-state index is 0.603. The van der Waals surface area contributed by atoms with Crippen LogP contribution in [0.15, 0.2) is 0 Å². The van der Waals surface area contributed by atoms with Gasteiger partial charge in [0.1, 0.15) is 0 Å². The van der Waals surface area contributed by atoms with Crippen LogP contribution in [-0.2, 0) is 0 Å². The molecule has 0 heteroatoms. The Bertz CT molecular complexity index is 1420. The molecule has 22 atom stereocenters. The summed E-state index contributed by atoms with van der Waals surface area (Å²) >= 11 is 0. The Kier molecular flexibility index (Phi) is 9.62. The first-order chi connectivity index (χ1) is 27.3. The second kappa shape index (κ2) is 14.3. The summed E-state index contributed by atoms with van der Waals surface area (Å²) < 4.78 is 0. The van der Waals surface area contributed by atoms with Gasteiger partial charge >= 0.3 is 0 Å². The van der Waals surface area contributed by atoms with Crippen molar-refractivity contribution in [3.8, 4) is 0 Å². The van der Waals surface area contributed by atoms with Crippen LogP contribution in [0.5, 0.6) is 0 Å². The molecule has 314 valence electrons. The monoisotopic (exact) mass is 763 g/mol. The van der Waals surface area contributed by atoms with Gasteiger partial charge in [-0.05, 0) is 250 Å². The van der Waals surface area contributed by atoms with Gasteiger partial charge in [0, 0.05) is 0 Å². The zero-order chi connectivity index (χ0) is 37.5. The van der Waals surface area contributed by atoms with E-state index in [1.165, 1.54) is 0 Å². The maximum Gasteiger partial charge on any atom is -0.0292 e. The summed E-state index contributed by atoms with van der Waals surface area (Å²) in [5, 5.41) is 0. The first-order valence-corrected chi connectivity index (χ1v) is 27.3. The highest BCUT2D eigenvalue weighted by Gasteiger charge is 2.65. The van der Waals surface area contributed by atoms with Crippen molar-refractivity contribution in [2.45, 2.75) is 207 Å². The number of hydrogen-bond donors (Lipinski definition) is 0. The number of hydrogen-bond acceptors (Lipinski definition) is 0. The Morgan fingerprint density at radius 3 is 1.14 bits per heavy atom. The number of rotatable bonds is 2. The average Bonchev–Trinajstić information content (AvgIpc) is 3.60. The highest BCUT2D eigenvalue weighted by molar-refractivity contribution is 5.13. The van der Waals surface area contributed by atoms with Gasteiger partial charge in [-0.3, -0.25) is 0 Å². The molecule has 0 bridgehead atoms. The minimum absolute atomic E-state index is 0.603. The molecule has 56 heavy (non-hydrogen) atoms. The van der Waals surface area contributed by atoms with E-state index in [0.29, 0.717) is 10.8 Å². The van der Waals surface area contributed by atoms with E-state index in [1.807, 2.05) is 0 Å². The van der Waals surface area contributed by atoms with Crippen molar-refractivity contribution >= 4 is 0 Å². The highest BCUT2D eigenvalue weighted by atomic mass is 14.7. The predicted molar refractivity (Wildman–Crippen MR) is 234 cm³/mol. The third-order valence-electron chi connectivity index (χ3n) is 25.0. The standard InChI is InChI=1S/C56H90/c1-55(2)49-19-11-9-17-40(49)42-25-23-37(30-51(42)55)53-45-27-34-14-5-6-15-35(34)28-46(45)54(38-24-26-43-41-18-10-12-20-50(41)56(3,4)52(43)31-38)48-32-44-36(29-47(48)53)22-21-33-13-7-8-16-39(33)44/h33-54H,5-32H2,1-4H3. The molecule has 0 aliphatic heterocycles. The topological polar surface area (TPSA) is 0 Å². The molecule has 0 aromatic rings. The summed E-state index contributed by atoms with van der Waals surface area (Å²) in [5.41, 5.74) is 1.21. The van der Waals surface area contributed by atoms with Crippen LogP contribution >= 0.6 is 0 Å². The molecule has 12 aliphatic carbocycles. The van der Waals surface area contributed by atoms with Gasteiger partial charge in [-0.25, -0.2) is 0 Å². The second-order valence-corrected chi connectivity index (χ2v) is 26.7. The molecule has 0 heterocycles. The predicted octanol–water partition coefficient (Wildman–Crippen LogP) is 15.7. The Labute approximate surface area is 347 Å². The molecule has 0 N–H and O–H groups in total. The van der Waals surface area contributed by atoms with E-state index in [9.17, 15) is 0 Å². The fourth-order valence-electron chi connectivity index (χ4n) is 23.2. The lowest BCUT2D eigenvalue weighted by molar-refractivity contribution is -0.167. The van der Waals surface area contributed by atoms with E-state index >= 15 is 0 Å². The van der Waals surface area contributed by atoms with Crippen molar-refractivity contribution in [3.63, 3.8) is 0 Å². The third kappa shape index (κ3) is 5.71. The fraction of sp³-hybridized carbons (Fsp3) is 1.00. The molecular formula is C56H90. The highest BCUT2D eigenvalue weighted by Crippen LogP contribution is 2.72. The first-order valence-electron chi connectivity index (χ1n) is 27.3. The van der Waals surface area contributed by atoms with E-state index in [2.05, 4.69) is 27.7 Å². The Hall–Kier alpha value is 0. The van der Waals surface area contributed by atoms with E-state index in [1.54, 1.807) is 180 Å². The Morgan fingerprint density at radius 2 is 0.607 bits per heavy atom. The van der Waals surface area contributed by atoms with Crippen LogP contribution in [0.2, 0.25) is 0 Å². The molecule has 12 fully saturated rings. The first kappa shape index (κ1) is 37.7. The van der Waals surface area contributed by atoms with E-state index < -0.39 is 0 Å². The van der Waals surface area contributed by atoms with Crippen LogP contribution in [0.1, 0.15) is 207 Å². The van der Waals surface area contributed by atoms with Crippen LogP contribution in [0.4, 0.5) is 0 Å². The second-order valence-electron chi connectivity index (χ2n) is 26.7. The zero-order valence-corrected chi connectivity index (χ0v) is 37.5. The van der Waals surface area contributed by atoms with Crippen LogP contribution < -0.4 is 0 Å². The van der Waals surface area contributed by atoms with Gasteiger partial charge in [-0.15, -0.1) is 0 Å². The third-order valence-corrected chi connectivity index (χ3v) is 25.0. The Morgan fingerprint density at radius 1 is 0.232 bits per heavy atom. The quantitative estimate of drug-likeness (QED) is 0.263. The summed E-state index contributed by atoms with van der Waals surface area (Å²) in [6, 6.07) is 0. The molecule has 0 saturated heterocycles. The van der Waals surface area contributed by atoms with Crippen molar-refractivity contribution < 1.29 is 0 Å². The SMILES string of the molecule is CC1(C)C2CCCCC2C2CCC(C3C4CC5CCCCC5CC4C(C4CCC5C6CCCCC6C(C)(C)C5C4)C4CC5C(CCC6CCCCC65)CC43)CC21. The summed E-state index contributed by atoms with van der Waals surface area (Å²) in [5.74, 6) is 24.0. The lowest BCUT2D eigenvalue weighted by atomic mass is 9.40. The smallest absolute Gasteiger partial charge is 0.0292 e. The molecular weight excluding hydrogens is 673 g/mol. The van der Waals surface area contributed by atoms with Crippen LogP contribution in [0, 0.1) is 141 Å². The number of fused-ring (bicyclic) bond motifs is 12. The van der Waals surface area contributed by atoms with Crippen LogP contribution in [0.3, 0.4) is 0 Å². The molecule has 0 aromatic heterocycles. The van der Waals surface area contributed by atoms with Gasteiger partial charge in [0.05, 0.1) is 0 Å². The van der Waals surface area contributed by atoms with E-state index in [4.69, 9.17) is 0 Å². The van der Waals surface area contributed by atoms with E-state index in [0.717, 1.165) is 130 Å². The van der Waals surface area contributed by atoms with Crippen molar-refractivity contribution in [1.82, 2.24) is 0 Å². The van der Waals surface area contributed by atoms with Gasteiger partial charge in [0.25, 0.3) is 0 Å². The molecule has 0 spiro atoms. The maximum absolute atomic E-state index is 2.83. The van der Waals surface area contributed by atoms with Gasteiger partial charge in [0.2, 0.25) is 0 Å². The summed E-state index contributed by atoms with van der Waals surface area (Å²) in [4.78, 5) is 0. The van der Waals surface area contributed by atoms with Crippen molar-refractivity contribution in [2.75, 3.05) is 0 Å². The van der Waals surface area contributed by atoms with Gasteiger partial charge < -0.3 is 0 Å². The molecule has 12 aliphatic rings. The molecule has 0 aromatic carbocycles.